The first-order valence-electron chi connectivity index (χ1n) is 9.42. The second-order valence-electron chi connectivity index (χ2n) is 6.92. The molecule has 2 heterocycles. The number of pyridine rings is 1. The molecule has 2 aromatic rings. The molecule has 1 aromatic carbocycles. The smallest absolute Gasteiger partial charge is 0.255 e. The Labute approximate surface area is 171 Å². The Morgan fingerprint density at radius 2 is 2.10 bits per heavy atom. The number of aliphatic hydroxyl groups excluding tert-OH is 1. The van der Waals surface area contributed by atoms with E-state index in [2.05, 4.69) is 5.32 Å². The normalized spacial score (nSPS) is 19.0. The standard InChI is InChI=1S/C20H23FN4O5/c21-15-9-13(25-6-2-1-3-19(25)28)4-5-16(15)23-18(27)12-24-11-14(30-8-7-26)10-17(24)20(22)29/h1-6,9,14,17,26H,7-8,10-12H2,(H2,22,29)(H,23,27)/t14-,17?/m0/s1. The number of carbonyl (C=O) groups excluding carboxylic acids is 2. The third kappa shape index (κ3) is 5.09. The Morgan fingerprint density at radius 1 is 1.30 bits per heavy atom. The van der Waals surface area contributed by atoms with Crippen LogP contribution in [0, 0.1) is 5.82 Å². The third-order valence-electron chi connectivity index (χ3n) is 4.81. The van der Waals surface area contributed by atoms with Gasteiger partial charge in [-0.1, -0.05) is 6.07 Å². The highest BCUT2D eigenvalue weighted by Gasteiger charge is 2.37. The molecule has 3 rings (SSSR count). The molecule has 0 saturated carbocycles. The number of hydrogen-bond donors (Lipinski definition) is 3. The quantitative estimate of drug-likeness (QED) is 0.547. The van der Waals surface area contributed by atoms with Gasteiger partial charge in [0, 0.05) is 24.9 Å². The maximum absolute atomic E-state index is 14.5. The molecule has 1 aromatic heterocycles. The van der Waals surface area contributed by atoms with Crippen molar-refractivity contribution < 1.29 is 23.8 Å². The summed E-state index contributed by atoms with van der Waals surface area (Å²) in [7, 11) is 0. The van der Waals surface area contributed by atoms with Gasteiger partial charge in [0.1, 0.15) is 5.82 Å². The van der Waals surface area contributed by atoms with Gasteiger partial charge in [0.2, 0.25) is 11.8 Å². The minimum Gasteiger partial charge on any atom is -0.394 e. The van der Waals surface area contributed by atoms with Crippen LogP contribution in [-0.4, -0.2) is 64.8 Å². The number of hydrogen-bond acceptors (Lipinski definition) is 6. The second kappa shape index (κ2) is 9.61. The van der Waals surface area contributed by atoms with Crippen LogP contribution in [0.25, 0.3) is 5.69 Å². The van der Waals surface area contributed by atoms with E-state index < -0.39 is 23.7 Å². The van der Waals surface area contributed by atoms with Crippen LogP contribution in [0.15, 0.2) is 47.4 Å². The van der Waals surface area contributed by atoms with Crippen molar-refractivity contribution >= 4 is 17.5 Å². The van der Waals surface area contributed by atoms with Gasteiger partial charge in [-0.3, -0.25) is 23.9 Å². The van der Waals surface area contributed by atoms with E-state index >= 15 is 0 Å². The van der Waals surface area contributed by atoms with Gasteiger partial charge >= 0.3 is 0 Å². The molecule has 1 saturated heterocycles. The molecule has 1 aliphatic heterocycles. The van der Waals surface area contributed by atoms with Gasteiger partial charge in [-0.15, -0.1) is 0 Å². The average molecular weight is 418 g/mol. The Kier molecular flexibility index (Phi) is 6.93. The molecule has 1 aliphatic rings. The van der Waals surface area contributed by atoms with Crippen molar-refractivity contribution in [1.82, 2.24) is 9.47 Å². The van der Waals surface area contributed by atoms with Gasteiger partial charge in [-0.25, -0.2) is 4.39 Å². The highest BCUT2D eigenvalue weighted by Crippen LogP contribution is 2.21. The monoisotopic (exact) mass is 418 g/mol. The van der Waals surface area contributed by atoms with E-state index in [0.29, 0.717) is 18.7 Å². The van der Waals surface area contributed by atoms with E-state index in [-0.39, 0.29) is 37.1 Å². The van der Waals surface area contributed by atoms with Crippen LogP contribution in [0.2, 0.25) is 0 Å². The number of nitrogens with zero attached hydrogens (tertiary/aromatic N) is 2. The zero-order valence-corrected chi connectivity index (χ0v) is 16.2. The number of nitrogens with two attached hydrogens (primary N) is 1. The van der Waals surface area contributed by atoms with Gasteiger partial charge in [0.15, 0.2) is 0 Å². The van der Waals surface area contributed by atoms with E-state index in [4.69, 9.17) is 15.6 Å². The van der Waals surface area contributed by atoms with Gasteiger partial charge in [-0.2, -0.15) is 0 Å². The number of ether oxygens (including phenoxy) is 1. The van der Waals surface area contributed by atoms with Gasteiger partial charge < -0.3 is 20.9 Å². The van der Waals surface area contributed by atoms with Gasteiger partial charge in [0.05, 0.1) is 43.3 Å². The Bertz CT molecular complexity index is 980. The summed E-state index contributed by atoms with van der Waals surface area (Å²) in [6.07, 6.45) is 1.50. The number of amides is 2. The number of rotatable bonds is 8. The number of anilines is 1. The van der Waals surface area contributed by atoms with Crippen molar-refractivity contribution in [2.45, 2.75) is 18.6 Å². The van der Waals surface area contributed by atoms with Crippen molar-refractivity contribution in [3.8, 4) is 5.69 Å². The van der Waals surface area contributed by atoms with Gasteiger partial charge in [0.25, 0.3) is 5.56 Å². The summed E-state index contributed by atoms with van der Waals surface area (Å²) >= 11 is 0. The maximum atomic E-state index is 14.5. The summed E-state index contributed by atoms with van der Waals surface area (Å²) in [6, 6.07) is 7.94. The van der Waals surface area contributed by atoms with Crippen LogP contribution in [0.3, 0.4) is 0 Å². The number of carbonyl (C=O) groups is 2. The summed E-state index contributed by atoms with van der Waals surface area (Å²) in [5, 5.41) is 11.3. The van der Waals surface area contributed by atoms with Crippen LogP contribution in [0.5, 0.6) is 0 Å². The first kappa shape index (κ1) is 21.6. The van der Waals surface area contributed by atoms with E-state index in [1.165, 1.54) is 29.0 Å². The number of aliphatic hydroxyl groups is 1. The molecule has 160 valence electrons. The lowest BCUT2D eigenvalue weighted by molar-refractivity contribution is -0.123. The second-order valence-corrected chi connectivity index (χ2v) is 6.92. The molecule has 30 heavy (non-hydrogen) atoms. The van der Waals surface area contributed by atoms with Crippen molar-refractivity contribution in [2.24, 2.45) is 5.73 Å². The Hall–Kier alpha value is -3.08. The molecule has 1 unspecified atom stereocenters. The largest absolute Gasteiger partial charge is 0.394 e. The summed E-state index contributed by atoms with van der Waals surface area (Å²) in [5.41, 5.74) is 5.38. The highest BCUT2D eigenvalue weighted by atomic mass is 19.1. The molecule has 4 N–H and O–H groups in total. The van der Waals surface area contributed by atoms with Crippen LogP contribution in [0.4, 0.5) is 10.1 Å². The van der Waals surface area contributed by atoms with Crippen molar-refractivity contribution in [3.05, 3.63) is 58.8 Å². The lowest BCUT2D eigenvalue weighted by Crippen LogP contribution is -2.44. The first-order chi connectivity index (χ1) is 14.4. The molecule has 1 fully saturated rings. The first-order valence-corrected chi connectivity index (χ1v) is 9.42. The summed E-state index contributed by atoms with van der Waals surface area (Å²) in [5.74, 6) is -1.80. The molecule has 9 nitrogen and oxygen atoms in total. The zero-order valence-electron chi connectivity index (χ0n) is 16.2. The topological polar surface area (TPSA) is 127 Å². The van der Waals surface area contributed by atoms with Gasteiger partial charge in [-0.05, 0) is 24.6 Å². The summed E-state index contributed by atoms with van der Waals surface area (Å²) in [6.45, 7) is 0.0894. The fraction of sp³-hybridized carbons (Fsp3) is 0.350. The Balaban J connectivity index is 1.66. The summed E-state index contributed by atoms with van der Waals surface area (Å²) in [4.78, 5) is 37.5. The molecule has 0 radical (unpaired) electrons. The summed E-state index contributed by atoms with van der Waals surface area (Å²) < 4.78 is 21.2. The van der Waals surface area contributed by atoms with E-state index in [1.807, 2.05) is 0 Å². The number of primary amides is 1. The van der Waals surface area contributed by atoms with Crippen LogP contribution in [0.1, 0.15) is 6.42 Å². The number of halogens is 1. The molecule has 2 atom stereocenters. The average Bonchev–Trinajstić information content (AvgIpc) is 3.11. The predicted molar refractivity (Wildman–Crippen MR) is 107 cm³/mol. The minimum atomic E-state index is -0.700. The lowest BCUT2D eigenvalue weighted by atomic mass is 10.2. The van der Waals surface area contributed by atoms with E-state index in [9.17, 15) is 18.8 Å². The molecule has 0 spiro atoms. The number of likely N-dealkylation sites (tertiary alicyclic amines) is 1. The molecular weight excluding hydrogens is 395 g/mol. The number of aromatic nitrogens is 1. The van der Waals surface area contributed by atoms with E-state index in [0.717, 1.165) is 6.07 Å². The lowest BCUT2D eigenvalue weighted by Gasteiger charge is -2.21. The maximum Gasteiger partial charge on any atom is 0.255 e. The fourth-order valence-corrected chi connectivity index (χ4v) is 3.44. The van der Waals surface area contributed by atoms with E-state index in [1.54, 1.807) is 17.0 Å². The van der Waals surface area contributed by atoms with Crippen molar-refractivity contribution in [1.29, 1.82) is 0 Å². The molecule has 0 bridgehead atoms. The minimum absolute atomic E-state index is 0.0457. The Morgan fingerprint density at radius 3 is 2.77 bits per heavy atom. The molecule has 10 heteroatoms. The molecule has 0 aliphatic carbocycles. The number of benzene rings is 1. The van der Waals surface area contributed by atoms with Crippen LogP contribution in [-0.2, 0) is 14.3 Å². The fourth-order valence-electron chi connectivity index (χ4n) is 3.44. The molecule has 2 amide bonds. The predicted octanol–water partition coefficient (Wildman–Crippen LogP) is -0.148. The van der Waals surface area contributed by atoms with Crippen LogP contribution >= 0.6 is 0 Å². The SMILES string of the molecule is NC(=O)C1C[C@H](OCCO)CN1CC(=O)Nc1ccc(-n2ccccc2=O)cc1F. The number of nitrogens with one attached hydrogen (secondary N) is 1. The van der Waals surface area contributed by atoms with Crippen molar-refractivity contribution in [3.63, 3.8) is 0 Å². The zero-order chi connectivity index (χ0) is 21.7. The van der Waals surface area contributed by atoms with Crippen molar-refractivity contribution in [2.75, 3.05) is 31.6 Å². The molecular formula is C20H23FN4O5. The van der Waals surface area contributed by atoms with Crippen LogP contribution < -0.4 is 16.6 Å². The third-order valence-corrected chi connectivity index (χ3v) is 4.81. The highest BCUT2D eigenvalue weighted by molar-refractivity contribution is 5.93.